The average molecular weight is 445 g/mol. The number of methoxy groups -OCH3 is 1. The third-order valence-electron chi connectivity index (χ3n) is 3.41. The second-order valence-electron chi connectivity index (χ2n) is 5.31. The molecule has 0 aliphatic carbocycles. The molecule has 2 N–H and O–H groups in total. The molecule has 0 atom stereocenters. The molecule has 0 amide bonds. The van der Waals surface area contributed by atoms with Gasteiger partial charge in [-0.1, -0.05) is 12.1 Å². The zero-order valence-corrected chi connectivity index (χ0v) is 17.0. The summed E-state index contributed by atoms with van der Waals surface area (Å²) in [5.74, 6) is 0.762. The van der Waals surface area contributed by atoms with Crippen molar-refractivity contribution in [1.29, 1.82) is 5.26 Å². The molecule has 0 aromatic heterocycles. The van der Waals surface area contributed by atoms with Gasteiger partial charge in [-0.3, -0.25) is 4.99 Å². The van der Waals surface area contributed by atoms with Crippen molar-refractivity contribution in [3.8, 4) is 6.07 Å². The third-order valence-corrected chi connectivity index (χ3v) is 3.41. The molecule has 0 fully saturated rings. The van der Waals surface area contributed by atoms with Gasteiger partial charge in [0.25, 0.3) is 0 Å². The first kappa shape index (κ1) is 22.6. The highest BCUT2D eigenvalue weighted by Gasteiger charge is 2.01. The summed E-state index contributed by atoms with van der Waals surface area (Å²) in [6.07, 6.45) is 1.04. The quantitative estimate of drug-likeness (QED) is 0.263. The van der Waals surface area contributed by atoms with Crippen LogP contribution >= 0.6 is 24.0 Å². The zero-order chi connectivity index (χ0) is 16.9. The number of hydrogen-bond donors (Lipinski definition) is 2. The monoisotopic (exact) mass is 445 g/mol. The van der Waals surface area contributed by atoms with E-state index in [4.69, 9.17) is 10.00 Å². The minimum Gasteiger partial charge on any atom is -0.385 e. The standard InChI is InChI=1S/C17H27N5O.HI/c1-19-17(20-8-10-22(2)9-5-11-23-3)21-14-16-7-4-6-15(12-16)13-18;/h4,6-7,12H,5,8-11,14H2,1-3H3,(H2,19,20,21);1H. The maximum atomic E-state index is 8.91. The Kier molecular flexibility index (Phi) is 13.2. The molecule has 0 aliphatic heterocycles. The Balaban J connectivity index is 0.00000529. The number of nitrogens with zero attached hydrogens (tertiary/aromatic N) is 3. The Bertz CT molecular complexity index is 530. The highest BCUT2D eigenvalue weighted by atomic mass is 127. The number of halogens is 1. The van der Waals surface area contributed by atoms with Gasteiger partial charge in [0.2, 0.25) is 0 Å². The Hall–Kier alpha value is -1.37. The van der Waals surface area contributed by atoms with Crippen LogP contribution in [0.3, 0.4) is 0 Å². The number of guanidine groups is 1. The second-order valence-corrected chi connectivity index (χ2v) is 5.31. The average Bonchev–Trinajstić information content (AvgIpc) is 2.58. The molecule has 0 spiro atoms. The number of benzene rings is 1. The Morgan fingerprint density at radius 2 is 2.12 bits per heavy atom. The summed E-state index contributed by atoms with van der Waals surface area (Å²) in [6.45, 7) is 4.21. The van der Waals surface area contributed by atoms with Crippen molar-refractivity contribution in [3.05, 3.63) is 35.4 Å². The van der Waals surface area contributed by atoms with E-state index in [1.54, 1.807) is 20.2 Å². The van der Waals surface area contributed by atoms with Gasteiger partial charge in [-0.2, -0.15) is 5.26 Å². The molecule has 7 heteroatoms. The lowest BCUT2D eigenvalue weighted by Gasteiger charge is -2.18. The summed E-state index contributed by atoms with van der Waals surface area (Å²) in [5.41, 5.74) is 1.73. The van der Waals surface area contributed by atoms with E-state index < -0.39 is 0 Å². The summed E-state index contributed by atoms with van der Waals surface area (Å²) >= 11 is 0. The molecule has 0 radical (unpaired) electrons. The number of rotatable bonds is 9. The molecule has 0 unspecified atom stereocenters. The van der Waals surface area contributed by atoms with Crippen LogP contribution in [0.5, 0.6) is 0 Å². The fourth-order valence-corrected chi connectivity index (χ4v) is 2.11. The predicted molar refractivity (Wildman–Crippen MR) is 109 cm³/mol. The van der Waals surface area contributed by atoms with Crippen LogP contribution in [0, 0.1) is 11.3 Å². The van der Waals surface area contributed by atoms with Crippen LogP contribution in [-0.4, -0.2) is 58.3 Å². The van der Waals surface area contributed by atoms with Crippen molar-refractivity contribution in [2.75, 3.05) is 47.4 Å². The smallest absolute Gasteiger partial charge is 0.191 e. The topological polar surface area (TPSA) is 72.7 Å². The van der Waals surface area contributed by atoms with E-state index in [9.17, 15) is 0 Å². The lowest BCUT2D eigenvalue weighted by atomic mass is 10.1. The van der Waals surface area contributed by atoms with Crippen molar-refractivity contribution in [3.63, 3.8) is 0 Å². The Morgan fingerprint density at radius 1 is 1.33 bits per heavy atom. The van der Waals surface area contributed by atoms with Gasteiger partial charge in [0.05, 0.1) is 11.6 Å². The fourth-order valence-electron chi connectivity index (χ4n) is 2.11. The van der Waals surface area contributed by atoms with Gasteiger partial charge in [-0.15, -0.1) is 24.0 Å². The lowest BCUT2D eigenvalue weighted by Crippen LogP contribution is -2.40. The van der Waals surface area contributed by atoms with Crippen molar-refractivity contribution in [1.82, 2.24) is 15.5 Å². The highest BCUT2D eigenvalue weighted by molar-refractivity contribution is 14.0. The van der Waals surface area contributed by atoms with E-state index in [2.05, 4.69) is 33.6 Å². The van der Waals surface area contributed by atoms with Gasteiger partial charge in [-0.05, 0) is 31.2 Å². The van der Waals surface area contributed by atoms with E-state index in [-0.39, 0.29) is 24.0 Å². The molecule has 1 rings (SSSR count). The molecule has 6 nitrogen and oxygen atoms in total. The van der Waals surface area contributed by atoms with E-state index >= 15 is 0 Å². The lowest BCUT2D eigenvalue weighted by molar-refractivity contribution is 0.180. The molecule has 0 saturated heterocycles. The third kappa shape index (κ3) is 9.70. The van der Waals surface area contributed by atoms with E-state index in [0.717, 1.165) is 44.2 Å². The molecule has 0 bridgehead atoms. The van der Waals surface area contributed by atoms with Crippen LogP contribution in [-0.2, 0) is 11.3 Å². The predicted octanol–water partition coefficient (Wildman–Crippen LogP) is 1.81. The molecule has 0 heterocycles. The summed E-state index contributed by atoms with van der Waals surface area (Å²) in [7, 11) is 5.58. The SMILES string of the molecule is CN=C(NCCN(C)CCCOC)NCc1cccc(C#N)c1.I. The molecule has 134 valence electrons. The molecule has 0 aliphatic rings. The number of hydrogen-bond acceptors (Lipinski definition) is 4. The largest absolute Gasteiger partial charge is 0.385 e. The molecule has 0 saturated carbocycles. The normalized spacial score (nSPS) is 10.9. The summed E-state index contributed by atoms with van der Waals surface area (Å²) in [6, 6.07) is 9.71. The zero-order valence-electron chi connectivity index (χ0n) is 14.7. The van der Waals surface area contributed by atoms with Crippen LogP contribution in [0.2, 0.25) is 0 Å². The number of likely N-dealkylation sites (N-methyl/N-ethyl adjacent to an activating group) is 1. The van der Waals surface area contributed by atoms with E-state index in [0.29, 0.717) is 12.1 Å². The first-order valence-electron chi connectivity index (χ1n) is 7.80. The minimum absolute atomic E-state index is 0. The number of aliphatic imine (C=N–C) groups is 1. The fraction of sp³-hybridized carbons (Fsp3) is 0.529. The summed E-state index contributed by atoms with van der Waals surface area (Å²) in [4.78, 5) is 6.47. The van der Waals surface area contributed by atoms with Gasteiger partial charge in [0.15, 0.2) is 5.96 Å². The molecule has 1 aromatic carbocycles. The number of nitriles is 1. The molecule has 1 aromatic rings. The van der Waals surface area contributed by atoms with Gasteiger partial charge in [0, 0.05) is 46.9 Å². The van der Waals surface area contributed by atoms with E-state index in [1.807, 2.05) is 18.2 Å². The second kappa shape index (κ2) is 14.0. The maximum Gasteiger partial charge on any atom is 0.191 e. The number of nitrogens with one attached hydrogen (secondary N) is 2. The summed E-state index contributed by atoms with van der Waals surface area (Å²) < 4.78 is 5.05. The van der Waals surface area contributed by atoms with Crippen molar-refractivity contribution in [2.24, 2.45) is 4.99 Å². The van der Waals surface area contributed by atoms with Crippen LogP contribution in [0.15, 0.2) is 29.3 Å². The first-order chi connectivity index (χ1) is 11.2. The minimum atomic E-state index is 0. The van der Waals surface area contributed by atoms with E-state index in [1.165, 1.54) is 0 Å². The van der Waals surface area contributed by atoms with Gasteiger partial charge in [0.1, 0.15) is 0 Å². The Labute approximate surface area is 162 Å². The maximum absolute atomic E-state index is 8.91. The Morgan fingerprint density at radius 3 is 2.79 bits per heavy atom. The highest BCUT2D eigenvalue weighted by Crippen LogP contribution is 2.03. The van der Waals surface area contributed by atoms with Crippen molar-refractivity contribution in [2.45, 2.75) is 13.0 Å². The van der Waals surface area contributed by atoms with Crippen LogP contribution in [0.25, 0.3) is 0 Å². The van der Waals surface area contributed by atoms with Crippen molar-refractivity contribution >= 4 is 29.9 Å². The van der Waals surface area contributed by atoms with Gasteiger partial charge < -0.3 is 20.3 Å². The van der Waals surface area contributed by atoms with Gasteiger partial charge in [-0.25, -0.2) is 0 Å². The van der Waals surface area contributed by atoms with Gasteiger partial charge >= 0.3 is 0 Å². The molecular weight excluding hydrogens is 417 g/mol. The van der Waals surface area contributed by atoms with Crippen molar-refractivity contribution < 1.29 is 4.74 Å². The molecular formula is C17H28IN5O. The molecule has 24 heavy (non-hydrogen) atoms. The van der Waals surface area contributed by atoms with Crippen LogP contribution in [0.1, 0.15) is 17.5 Å². The first-order valence-corrected chi connectivity index (χ1v) is 7.80. The number of ether oxygens (including phenoxy) is 1. The van der Waals surface area contributed by atoms with Crippen LogP contribution in [0.4, 0.5) is 0 Å². The summed E-state index contributed by atoms with van der Waals surface area (Å²) in [5, 5.41) is 15.5. The van der Waals surface area contributed by atoms with Crippen LogP contribution < -0.4 is 10.6 Å².